The number of likely N-dealkylation sites (tertiary alicyclic amines) is 1. The van der Waals surface area contributed by atoms with Crippen LogP contribution in [0.1, 0.15) is 34.5 Å². The van der Waals surface area contributed by atoms with Gasteiger partial charge in [-0.3, -0.25) is 24.1 Å². The van der Waals surface area contributed by atoms with Gasteiger partial charge in [0.2, 0.25) is 11.8 Å². The van der Waals surface area contributed by atoms with Crippen LogP contribution in [0.5, 0.6) is 0 Å². The van der Waals surface area contributed by atoms with E-state index >= 15 is 0 Å². The highest BCUT2D eigenvalue weighted by molar-refractivity contribution is 6.07. The first-order valence-electron chi connectivity index (χ1n) is 11.1. The maximum atomic E-state index is 13.1. The van der Waals surface area contributed by atoms with Crippen molar-refractivity contribution in [3.8, 4) is 0 Å². The van der Waals surface area contributed by atoms with Gasteiger partial charge in [0.15, 0.2) is 0 Å². The maximum absolute atomic E-state index is 13.1. The second kappa shape index (κ2) is 8.49. The summed E-state index contributed by atoms with van der Waals surface area (Å²) in [4.78, 5) is 55.0. The number of amides is 3. The van der Waals surface area contributed by atoms with Crippen LogP contribution in [0.2, 0.25) is 0 Å². The van der Waals surface area contributed by atoms with E-state index in [2.05, 4.69) is 10.3 Å². The van der Waals surface area contributed by atoms with Crippen LogP contribution >= 0.6 is 0 Å². The molecule has 34 heavy (non-hydrogen) atoms. The molecule has 2 N–H and O–H groups in total. The standard InChI is InChI=1S/C25H23N3O6/c1-13-3-2-4-18(26-13)27-23(31)15-7-5-14(6-8-15)12-28-24(32)20-17-11-16(9-10-19(29)30)22(34-17)21(20)25(28)33/h2-8,11,17,20-22H,9-10,12H2,1H3,(H,29,30)(H,26,27,31)/t17-,20-,21-,22+/m1/s1. The van der Waals surface area contributed by atoms with E-state index in [-0.39, 0.29) is 30.7 Å². The van der Waals surface area contributed by atoms with E-state index in [1.807, 2.05) is 19.1 Å². The van der Waals surface area contributed by atoms with Crippen LogP contribution in [0.15, 0.2) is 54.1 Å². The molecule has 0 spiro atoms. The highest BCUT2D eigenvalue weighted by atomic mass is 16.5. The molecule has 3 aliphatic heterocycles. The molecule has 3 aliphatic rings. The van der Waals surface area contributed by atoms with Crippen LogP contribution in [-0.4, -0.2) is 50.9 Å². The van der Waals surface area contributed by atoms with Crippen molar-refractivity contribution in [1.29, 1.82) is 0 Å². The maximum Gasteiger partial charge on any atom is 0.303 e. The van der Waals surface area contributed by atoms with Crippen molar-refractivity contribution >= 4 is 29.5 Å². The predicted molar refractivity (Wildman–Crippen MR) is 120 cm³/mol. The Morgan fingerprint density at radius 3 is 2.53 bits per heavy atom. The summed E-state index contributed by atoms with van der Waals surface area (Å²) in [5.74, 6) is -2.48. The minimum absolute atomic E-state index is 0.0402. The van der Waals surface area contributed by atoms with Gasteiger partial charge >= 0.3 is 5.97 Å². The first kappa shape index (κ1) is 22.0. The Morgan fingerprint density at radius 1 is 1.09 bits per heavy atom. The molecular formula is C25H23N3O6. The molecule has 9 nitrogen and oxygen atoms in total. The van der Waals surface area contributed by atoms with E-state index in [0.29, 0.717) is 17.8 Å². The number of anilines is 1. The third-order valence-corrected chi connectivity index (χ3v) is 6.53. The Kier molecular flexibility index (Phi) is 5.49. The Balaban J connectivity index is 1.24. The Labute approximate surface area is 195 Å². The third-order valence-electron chi connectivity index (χ3n) is 6.53. The summed E-state index contributed by atoms with van der Waals surface area (Å²) in [6.45, 7) is 1.94. The van der Waals surface area contributed by atoms with E-state index in [1.54, 1.807) is 36.4 Å². The first-order chi connectivity index (χ1) is 16.3. The van der Waals surface area contributed by atoms with Gasteiger partial charge in [-0.05, 0) is 48.7 Å². The second-order valence-corrected chi connectivity index (χ2v) is 8.79. The van der Waals surface area contributed by atoms with Crippen molar-refractivity contribution in [3.05, 3.63) is 70.9 Å². The van der Waals surface area contributed by atoms with Crippen LogP contribution in [0.3, 0.4) is 0 Å². The molecule has 4 atom stereocenters. The number of imide groups is 1. The molecule has 0 radical (unpaired) electrons. The molecule has 5 rings (SSSR count). The number of rotatable bonds is 7. The number of carboxylic acid groups (broad SMARTS) is 1. The van der Waals surface area contributed by atoms with E-state index < -0.39 is 30.0 Å². The molecule has 0 unspecified atom stereocenters. The molecule has 2 fully saturated rings. The minimum Gasteiger partial charge on any atom is -0.481 e. The summed E-state index contributed by atoms with van der Waals surface area (Å²) >= 11 is 0. The number of ether oxygens (including phenoxy) is 1. The minimum atomic E-state index is -0.914. The SMILES string of the molecule is Cc1cccc(NC(=O)c2ccc(CN3C(=O)[C@@H]4[C@H](C3=O)[C@H]3C=C(CCC(=O)O)[C@@H]4O3)cc2)n1. The number of hydrogen-bond acceptors (Lipinski definition) is 6. The van der Waals surface area contributed by atoms with Crippen LogP contribution in [0, 0.1) is 18.8 Å². The molecule has 2 bridgehead atoms. The lowest BCUT2D eigenvalue weighted by atomic mass is 9.80. The number of aromatic nitrogens is 1. The Bertz CT molecular complexity index is 1220. The van der Waals surface area contributed by atoms with E-state index in [4.69, 9.17) is 9.84 Å². The fourth-order valence-corrected chi connectivity index (χ4v) is 4.92. The van der Waals surface area contributed by atoms with Gasteiger partial charge < -0.3 is 15.2 Å². The van der Waals surface area contributed by atoms with Crippen LogP contribution < -0.4 is 5.32 Å². The number of carbonyl (C=O) groups is 4. The predicted octanol–water partition coefficient (Wildman–Crippen LogP) is 2.32. The Hall–Kier alpha value is -3.85. The molecule has 2 saturated heterocycles. The van der Waals surface area contributed by atoms with Crippen molar-refractivity contribution in [3.63, 3.8) is 0 Å². The zero-order valence-corrected chi connectivity index (χ0v) is 18.4. The number of aliphatic carboxylic acids is 1. The van der Waals surface area contributed by atoms with Gasteiger partial charge in [0.25, 0.3) is 5.91 Å². The van der Waals surface area contributed by atoms with Crippen molar-refractivity contribution in [1.82, 2.24) is 9.88 Å². The summed E-state index contributed by atoms with van der Waals surface area (Å²) in [5, 5.41) is 11.7. The molecule has 1 aromatic carbocycles. The summed E-state index contributed by atoms with van der Waals surface area (Å²) < 4.78 is 5.82. The number of benzene rings is 1. The van der Waals surface area contributed by atoms with Gasteiger partial charge in [0.1, 0.15) is 5.82 Å². The molecule has 4 heterocycles. The molecule has 0 saturated carbocycles. The fourth-order valence-electron chi connectivity index (χ4n) is 4.92. The number of pyridine rings is 1. The quantitative estimate of drug-likeness (QED) is 0.479. The van der Waals surface area contributed by atoms with Crippen LogP contribution in [0.25, 0.3) is 0 Å². The molecule has 0 aliphatic carbocycles. The monoisotopic (exact) mass is 461 g/mol. The number of nitrogens with one attached hydrogen (secondary N) is 1. The van der Waals surface area contributed by atoms with E-state index in [1.165, 1.54) is 4.90 Å². The highest BCUT2D eigenvalue weighted by Gasteiger charge is 2.62. The van der Waals surface area contributed by atoms with Crippen molar-refractivity contribution in [2.24, 2.45) is 11.8 Å². The van der Waals surface area contributed by atoms with Gasteiger partial charge in [-0.2, -0.15) is 0 Å². The summed E-state index contributed by atoms with van der Waals surface area (Å²) in [5.41, 5.74) is 2.73. The molecule has 2 aromatic rings. The van der Waals surface area contributed by atoms with Crippen molar-refractivity contribution in [2.45, 2.75) is 38.5 Å². The molecular weight excluding hydrogens is 438 g/mol. The highest BCUT2D eigenvalue weighted by Crippen LogP contribution is 2.49. The van der Waals surface area contributed by atoms with Gasteiger partial charge in [0.05, 0.1) is 30.6 Å². The third kappa shape index (κ3) is 3.88. The molecule has 1 aromatic heterocycles. The number of hydrogen-bond donors (Lipinski definition) is 2. The average molecular weight is 461 g/mol. The number of carboxylic acids is 1. The largest absolute Gasteiger partial charge is 0.481 e. The smallest absolute Gasteiger partial charge is 0.303 e. The van der Waals surface area contributed by atoms with Crippen molar-refractivity contribution in [2.75, 3.05) is 5.32 Å². The van der Waals surface area contributed by atoms with Crippen LogP contribution in [-0.2, 0) is 25.7 Å². The number of fused-ring (bicyclic) bond motifs is 5. The normalized spacial score (nSPS) is 24.9. The lowest BCUT2D eigenvalue weighted by Crippen LogP contribution is -2.34. The molecule has 3 amide bonds. The zero-order valence-electron chi connectivity index (χ0n) is 18.4. The summed E-state index contributed by atoms with van der Waals surface area (Å²) in [6.07, 6.45) is 1.06. The molecule has 9 heteroatoms. The Morgan fingerprint density at radius 2 is 1.82 bits per heavy atom. The van der Waals surface area contributed by atoms with Gasteiger partial charge in [-0.15, -0.1) is 0 Å². The topological polar surface area (TPSA) is 126 Å². The van der Waals surface area contributed by atoms with Crippen LogP contribution in [0.4, 0.5) is 5.82 Å². The zero-order chi connectivity index (χ0) is 24.0. The number of aryl methyl sites for hydroxylation is 1. The summed E-state index contributed by atoms with van der Waals surface area (Å²) in [7, 11) is 0. The fraction of sp³-hybridized carbons (Fsp3) is 0.320. The van der Waals surface area contributed by atoms with Gasteiger partial charge in [-0.25, -0.2) is 4.98 Å². The molecule has 174 valence electrons. The lowest BCUT2D eigenvalue weighted by molar-refractivity contribution is -0.143. The van der Waals surface area contributed by atoms with E-state index in [0.717, 1.165) is 16.8 Å². The van der Waals surface area contributed by atoms with Crippen molar-refractivity contribution < 1.29 is 29.0 Å². The number of carbonyl (C=O) groups excluding carboxylic acids is 3. The van der Waals surface area contributed by atoms with E-state index in [9.17, 15) is 19.2 Å². The lowest BCUT2D eigenvalue weighted by Gasteiger charge is -2.19. The first-order valence-corrected chi connectivity index (χ1v) is 11.1. The second-order valence-electron chi connectivity index (χ2n) is 8.79. The number of nitrogens with zero attached hydrogens (tertiary/aromatic N) is 2. The van der Waals surface area contributed by atoms with Gasteiger partial charge in [-0.1, -0.05) is 24.3 Å². The summed E-state index contributed by atoms with van der Waals surface area (Å²) in [6, 6.07) is 12.1. The average Bonchev–Trinajstić information content (AvgIpc) is 3.45. The van der Waals surface area contributed by atoms with Gasteiger partial charge in [0, 0.05) is 17.7 Å².